The molecule has 2 rings (SSSR count). The van der Waals surface area contributed by atoms with E-state index < -0.39 is 6.61 Å². The first-order valence-electron chi connectivity index (χ1n) is 8.30. The van der Waals surface area contributed by atoms with Gasteiger partial charge in [-0.25, -0.2) is 4.98 Å². The minimum absolute atomic E-state index is 0.0113. The van der Waals surface area contributed by atoms with E-state index >= 15 is 0 Å². The highest BCUT2D eigenvalue weighted by Crippen LogP contribution is 2.33. The molecule has 0 bridgehead atoms. The maximum atomic E-state index is 12.7. The minimum Gasteiger partial charge on any atom is -0.433 e. The molecular formula is C18H21Cl2F2N5O. The first-order valence-corrected chi connectivity index (χ1v) is 9.06. The lowest BCUT2D eigenvalue weighted by Crippen LogP contribution is -2.36. The molecule has 0 unspecified atom stereocenters. The number of ether oxygens (including phenoxy) is 1. The van der Waals surface area contributed by atoms with Crippen molar-refractivity contribution in [2.24, 2.45) is 4.99 Å². The SMILES string of the molecule is CN=C(NCc1cccc(N(C)C)n1)NCc1cc(Cl)cc(Cl)c1OC(F)F. The monoisotopic (exact) mass is 431 g/mol. The van der Waals surface area contributed by atoms with Crippen LogP contribution in [-0.2, 0) is 13.1 Å². The first kappa shape index (κ1) is 22.0. The van der Waals surface area contributed by atoms with E-state index in [0.717, 1.165) is 11.5 Å². The number of pyridine rings is 1. The van der Waals surface area contributed by atoms with Crippen molar-refractivity contribution in [3.05, 3.63) is 51.6 Å². The second kappa shape index (κ2) is 10.3. The van der Waals surface area contributed by atoms with Gasteiger partial charge in [0.15, 0.2) is 5.96 Å². The van der Waals surface area contributed by atoms with Gasteiger partial charge in [0.05, 0.1) is 17.3 Å². The second-order valence-electron chi connectivity index (χ2n) is 5.92. The Kier molecular flexibility index (Phi) is 8.07. The Bertz CT molecular complexity index is 834. The summed E-state index contributed by atoms with van der Waals surface area (Å²) in [6, 6.07) is 8.56. The number of aliphatic imine (C=N–C) groups is 1. The Balaban J connectivity index is 2.04. The molecule has 1 aromatic heterocycles. The predicted molar refractivity (Wildman–Crippen MR) is 109 cm³/mol. The van der Waals surface area contributed by atoms with Crippen molar-refractivity contribution in [3.63, 3.8) is 0 Å². The maximum Gasteiger partial charge on any atom is 0.387 e. The molecule has 0 amide bonds. The van der Waals surface area contributed by atoms with Gasteiger partial charge in [0.2, 0.25) is 0 Å². The summed E-state index contributed by atoms with van der Waals surface area (Å²) in [5, 5.41) is 6.46. The molecule has 0 aliphatic rings. The number of nitrogens with one attached hydrogen (secondary N) is 2. The number of hydrogen-bond acceptors (Lipinski definition) is 4. The van der Waals surface area contributed by atoms with Crippen molar-refractivity contribution in [2.45, 2.75) is 19.7 Å². The molecule has 0 saturated carbocycles. The highest BCUT2D eigenvalue weighted by atomic mass is 35.5. The van der Waals surface area contributed by atoms with Crippen molar-refractivity contribution >= 4 is 35.0 Å². The zero-order valence-electron chi connectivity index (χ0n) is 15.6. The van der Waals surface area contributed by atoms with E-state index in [1.165, 1.54) is 12.1 Å². The highest BCUT2D eigenvalue weighted by molar-refractivity contribution is 6.35. The van der Waals surface area contributed by atoms with E-state index in [0.29, 0.717) is 23.1 Å². The van der Waals surface area contributed by atoms with Gasteiger partial charge in [-0.05, 0) is 24.3 Å². The molecule has 6 nitrogen and oxygen atoms in total. The van der Waals surface area contributed by atoms with Crippen LogP contribution in [0.5, 0.6) is 5.75 Å². The summed E-state index contributed by atoms with van der Waals surface area (Å²) < 4.78 is 29.8. The number of benzene rings is 1. The summed E-state index contributed by atoms with van der Waals surface area (Å²) in [4.78, 5) is 10.5. The standard InChI is InChI=1S/C18H21Cl2F2N5O/c1-23-18(25-10-13-5-4-6-15(26-13)27(2)3)24-9-11-7-12(19)8-14(20)16(11)28-17(21)22/h4-8,17H,9-10H2,1-3H3,(H2,23,24,25). The molecule has 10 heteroatoms. The van der Waals surface area contributed by atoms with Crippen LogP contribution in [0.25, 0.3) is 0 Å². The first-order chi connectivity index (χ1) is 13.3. The Morgan fingerprint density at radius 3 is 2.57 bits per heavy atom. The number of nitrogens with zero attached hydrogens (tertiary/aromatic N) is 3. The molecule has 0 saturated heterocycles. The molecule has 1 heterocycles. The van der Waals surface area contributed by atoms with E-state index in [1.807, 2.05) is 37.2 Å². The summed E-state index contributed by atoms with van der Waals surface area (Å²) in [6.45, 7) is -2.43. The third-order valence-electron chi connectivity index (χ3n) is 3.65. The smallest absolute Gasteiger partial charge is 0.387 e. The van der Waals surface area contributed by atoms with E-state index in [4.69, 9.17) is 23.2 Å². The van der Waals surface area contributed by atoms with Crippen LogP contribution in [0.1, 0.15) is 11.3 Å². The van der Waals surface area contributed by atoms with E-state index in [2.05, 4.69) is 25.3 Å². The molecular weight excluding hydrogens is 411 g/mol. The second-order valence-corrected chi connectivity index (χ2v) is 6.76. The van der Waals surface area contributed by atoms with Gasteiger partial charge < -0.3 is 20.3 Å². The third kappa shape index (κ3) is 6.38. The molecule has 0 fully saturated rings. The number of anilines is 1. The number of aromatic nitrogens is 1. The van der Waals surface area contributed by atoms with E-state index in [1.54, 1.807) is 7.05 Å². The van der Waals surface area contributed by atoms with Crippen LogP contribution in [-0.4, -0.2) is 38.7 Å². The fraction of sp³-hybridized carbons (Fsp3) is 0.333. The summed E-state index contributed by atoms with van der Waals surface area (Å²) in [5.74, 6) is 1.17. The van der Waals surface area contributed by atoms with Crippen LogP contribution < -0.4 is 20.3 Å². The van der Waals surface area contributed by atoms with Crippen LogP contribution in [0.15, 0.2) is 35.3 Å². The van der Waals surface area contributed by atoms with Gasteiger partial charge in [-0.2, -0.15) is 8.78 Å². The Labute approximate surface area is 172 Å². The number of alkyl halides is 2. The summed E-state index contributed by atoms with van der Waals surface area (Å²) in [6.07, 6.45) is 0. The van der Waals surface area contributed by atoms with Crippen LogP contribution in [0.4, 0.5) is 14.6 Å². The van der Waals surface area contributed by atoms with Crippen LogP contribution >= 0.6 is 23.2 Å². The van der Waals surface area contributed by atoms with Crippen molar-refractivity contribution in [1.29, 1.82) is 0 Å². The summed E-state index contributed by atoms with van der Waals surface area (Å²) in [7, 11) is 5.42. The Hall–Kier alpha value is -2.32. The molecule has 0 radical (unpaired) electrons. The van der Waals surface area contributed by atoms with Gasteiger partial charge in [-0.15, -0.1) is 0 Å². The van der Waals surface area contributed by atoms with Crippen molar-refractivity contribution < 1.29 is 13.5 Å². The third-order valence-corrected chi connectivity index (χ3v) is 4.15. The molecule has 0 spiro atoms. The molecule has 0 aliphatic heterocycles. The zero-order valence-corrected chi connectivity index (χ0v) is 17.2. The highest BCUT2D eigenvalue weighted by Gasteiger charge is 2.15. The fourth-order valence-electron chi connectivity index (χ4n) is 2.35. The quantitative estimate of drug-likeness (QED) is 0.513. The number of halogens is 4. The van der Waals surface area contributed by atoms with E-state index in [-0.39, 0.29) is 17.3 Å². The van der Waals surface area contributed by atoms with Crippen molar-refractivity contribution in [2.75, 3.05) is 26.0 Å². The molecule has 28 heavy (non-hydrogen) atoms. The largest absolute Gasteiger partial charge is 0.433 e. The van der Waals surface area contributed by atoms with E-state index in [9.17, 15) is 8.78 Å². The van der Waals surface area contributed by atoms with Crippen molar-refractivity contribution in [1.82, 2.24) is 15.6 Å². The lowest BCUT2D eigenvalue weighted by atomic mass is 10.2. The van der Waals surface area contributed by atoms with Gasteiger partial charge >= 0.3 is 6.61 Å². The van der Waals surface area contributed by atoms with Gasteiger partial charge in [-0.3, -0.25) is 4.99 Å². The lowest BCUT2D eigenvalue weighted by Gasteiger charge is -2.16. The average molecular weight is 432 g/mol. The number of guanidine groups is 1. The summed E-state index contributed by atoms with van der Waals surface area (Å²) in [5.41, 5.74) is 1.20. The Morgan fingerprint density at radius 1 is 1.21 bits per heavy atom. The average Bonchev–Trinajstić information content (AvgIpc) is 2.64. The number of hydrogen-bond donors (Lipinski definition) is 2. The molecule has 2 N–H and O–H groups in total. The molecule has 2 aromatic rings. The predicted octanol–water partition coefficient (Wildman–Crippen LogP) is 3.92. The molecule has 0 aliphatic carbocycles. The van der Waals surface area contributed by atoms with Crippen molar-refractivity contribution in [3.8, 4) is 5.75 Å². The molecule has 0 atom stereocenters. The van der Waals surface area contributed by atoms with Crippen LogP contribution in [0, 0.1) is 0 Å². The topological polar surface area (TPSA) is 61.8 Å². The van der Waals surface area contributed by atoms with Crippen LogP contribution in [0.2, 0.25) is 10.0 Å². The number of rotatable bonds is 7. The minimum atomic E-state index is -3.00. The molecule has 1 aromatic carbocycles. The molecule has 152 valence electrons. The van der Waals surface area contributed by atoms with Gasteiger partial charge in [0, 0.05) is 38.3 Å². The lowest BCUT2D eigenvalue weighted by molar-refractivity contribution is -0.0504. The summed E-state index contributed by atoms with van der Waals surface area (Å²) >= 11 is 12.0. The Morgan fingerprint density at radius 2 is 1.93 bits per heavy atom. The maximum absolute atomic E-state index is 12.7. The van der Waals surface area contributed by atoms with Gasteiger partial charge in [0.1, 0.15) is 11.6 Å². The fourth-order valence-corrected chi connectivity index (χ4v) is 2.93. The van der Waals surface area contributed by atoms with Gasteiger partial charge in [-0.1, -0.05) is 29.3 Å². The van der Waals surface area contributed by atoms with Gasteiger partial charge in [0.25, 0.3) is 0 Å². The van der Waals surface area contributed by atoms with Crippen LogP contribution in [0.3, 0.4) is 0 Å². The zero-order chi connectivity index (χ0) is 20.7. The normalized spacial score (nSPS) is 11.5.